The zero-order valence-electron chi connectivity index (χ0n) is 16.4. The van der Waals surface area contributed by atoms with Crippen LogP contribution in [-0.4, -0.2) is 74.6 Å². The number of hydrogen-bond acceptors (Lipinski definition) is 6. The Kier molecular flexibility index (Phi) is 7.08. The van der Waals surface area contributed by atoms with E-state index in [-0.39, 0.29) is 4.90 Å². The molecule has 1 unspecified atom stereocenters. The first kappa shape index (κ1) is 20.5. The van der Waals surface area contributed by atoms with Gasteiger partial charge in [0.25, 0.3) is 0 Å². The van der Waals surface area contributed by atoms with E-state index < -0.39 is 10.0 Å². The number of hydrogen-bond donors (Lipinski definition) is 1. The van der Waals surface area contributed by atoms with Crippen molar-refractivity contribution >= 4 is 15.8 Å². The molecule has 2 fully saturated rings. The monoisotopic (exact) mass is 396 g/mol. The van der Waals surface area contributed by atoms with E-state index in [9.17, 15) is 8.42 Å². The van der Waals surface area contributed by atoms with Crippen molar-refractivity contribution in [3.8, 4) is 0 Å². The molecule has 152 valence electrons. The predicted octanol–water partition coefficient (Wildman–Crippen LogP) is 2.02. The van der Waals surface area contributed by atoms with Crippen molar-refractivity contribution in [3.05, 3.63) is 18.3 Å². The largest absolute Gasteiger partial charge is 0.379 e. The highest BCUT2D eigenvalue weighted by Crippen LogP contribution is 2.21. The minimum atomic E-state index is -3.42. The summed E-state index contributed by atoms with van der Waals surface area (Å²) in [6, 6.07) is 3.83. The van der Waals surface area contributed by atoms with Crippen LogP contribution in [0.25, 0.3) is 0 Å². The fraction of sp³-hybridized carbons (Fsp3) is 0.737. The molecule has 2 aliphatic rings. The lowest BCUT2D eigenvalue weighted by molar-refractivity contribution is 0.00953. The van der Waals surface area contributed by atoms with Gasteiger partial charge in [-0.25, -0.2) is 13.4 Å². The van der Waals surface area contributed by atoms with Crippen LogP contribution in [-0.2, 0) is 14.8 Å². The molecular formula is C19H32N4O3S. The van der Waals surface area contributed by atoms with Gasteiger partial charge < -0.3 is 10.1 Å². The highest BCUT2D eigenvalue weighted by Gasteiger charge is 2.26. The maximum Gasteiger partial charge on any atom is 0.244 e. The first-order valence-electron chi connectivity index (χ1n) is 10.0. The lowest BCUT2D eigenvalue weighted by Gasteiger charge is -2.37. The van der Waals surface area contributed by atoms with E-state index in [2.05, 4.69) is 29.0 Å². The van der Waals surface area contributed by atoms with Gasteiger partial charge in [0.1, 0.15) is 10.7 Å². The van der Waals surface area contributed by atoms with Gasteiger partial charge in [0.15, 0.2) is 0 Å². The minimum Gasteiger partial charge on any atom is -0.379 e. The summed E-state index contributed by atoms with van der Waals surface area (Å²) < 4.78 is 32.4. The number of anilines is 1. The molecule has 8 heteroatoms. The van der Waals surface area contributed by atoms with Gasteiger partial charge in [-0.2, -0.15) is 4.31 Å². The number of aromatic nitrogens is 1. The van der Waals surface area contributed by atoms with Gasteiger partial charge in [-0.05, 0) is 30.9 Å². The van der Waals surface area contributed by atoms with Crippen LogP contribution in [0.15, 0.2) is 23.2 Å². The van der Waals surface area contributed by atoms with Crippen molar-refractivity contribution in [1.29, 1.82) is 0 Å². The SMILES string of the molecule is CC(C)C(CNc1ccc(S(=O)(=O)N2CCCCC2)cn1)N1CCOCC1. The van der Waals surface area contributed by atoms with Crippen LogP contribution in [0.4, 0.5) is 5.82 Å². The Hall–Kier alpha value is -1.22. The summed E-state index contributed by atoms with van der Waals surface area (Å²) in [6.45, 7) is 9.91. The van der Waals surface area contributed by atoms with Gasteiger partial charge in [-0.1, -0.05) is 20.3 Å². The van der Waals surface area contributed by atoms with Crippen molar-refractivity contribution in [2.75, 3.05) is 51.3 Å². The number of morpholine rings is 1. The quantitative estimate of drug-likeness (QED) is 0.760. The zero-order chi connectivity index (χ0) is 19.3. The molecule has 0 bridgehead atoms. The number of nitrogens with zero attached hydrogens (tertiary/aromatic N) is 3. The van der Waals surface area contributed by atoms with Gasteiger partial charge in [-0.15, -0.1) is 0 Å². The average molecular weight is 397 g/mol. The zero-order valence-corrected chi connectivity index (χ0v) is 17.2. The van der Waals surface area contributed by atoms with Gasteiger partial charge >= 0.3 is 0 Å². The fourth-order valence-electron chi connectivity index (χ4n) is 3.80. The Balaban J connectivity index is 1.61. The number of sulfonamides is 1. The number of piperidine rings is 1. The lowest BCUT2D eigenvalue weighted by Crippen LogP contribution is -2.49. The maximum atomic E-state index is 12.7. The van der Waals surface area contributed by atoms with Crippen molar-refractivity contribution in [2.24, 2.45) is 5.92 Å². The van der Waals surface area contributed by atoms with E-state index in [0.29, 0.717) is 30.9 Å². The van der Waals surface area contributed by atoms with E-state index in [1.807, 2.05) is 0 Å². The molecule has 2 aliphatic heterocycles. The van der Waals surface area contributed by atoms with E-state index in [4.69, 9.17) is 4.74 Å². The molecular weight excluding hydrogens is 364 g/mol. The van der Waals surface area contributed by atoms with E-state index in [1.165, 1.54) is 6.20 Å². The first-order chi connectivity index (χ1) is 13.0. The van der Waals surface area contributed by atoms with Gasteiger partial charge in [-0.3, -0.25) is 4.90 Å². The van der Waals surface area contributed by atoms with Crippen LogP contribution in [0, 0.1) is 5.92 Å². The molecule has 27 heavy (non-hydrogen) atoms. The molecule has 1 aromatic rings. The highest BCUT2D eigenvalue weighted by atomic mass is 32.2. The third-order valence-corrected chi connectivity index (χ3v) is 7.35. The molecule has 0 aliphatic carbocycles. The molecule has 2 saturated heterocycles. The normalized spacial score (nSPS) is 21.3. The molecule has 1 aromatic heterocycles. The summed E-state index contributed by atoms with van der Waals surface area (Å²) in [4.78, 5) is 7.09. The maximum absolute atomic E-state index is 12.7. The molecule has 0 radical (unpaired) electrons. The number of pyridine rings is 1. The minimum absolute atomic E-state index is 0.281. The molecule has 0 spiro atoms. The topological polar surface area (TPSA) is 74.8 Å². The van der Waals surface area contributed by atoms with Crippen LogP contribution in [0.2, 0.25) is 0 Å². The third kappa shape index (κ3) is 5.19. The van der Waals surface area contributed by atoms with Crippen LogP contribution >= 0.6 is 0 Å². The molecule has 0 aromatic carbocycles. The second-order valence-corrected chi connectivity index (χ2v) is 9.62. The molecule has 3 rings (SSSR count). The Morgan fingerprint density at radius 1 is 1.11 bits per heavy atom. The van der Waals surface area contributed by atoms with E-state index >= 15 is 0 Å². The van der Waals surface area contributed by atoms with Crippen molar-refractivity contribution < 1.29 is 13.2 Å². The second-order valence-electron chi connectivity index (χ2n) is 7.68. The molecule has 3 heterocycles. The van der Waals surface area contributed by atoms with Crippen molar-refractivity contribution in [2.45, 2.75) is 44.0 Å². The van der Waals surface area contributed by atoms with Crippen LogP contribution in [0.3, 0.4) is 0 Å². The standard InChI is InChI=1S/C19H32N4O3S/c1-16(2)18(22-10-12-26-13-11-22)15-21-19-7-6-17(14-20-19)27(24,25)23-8-4-3-5-9-23/h6-7,14,16,18H,3-5,8-13,15H2,1-2H3,(H,20,21). The molecule has 1 atom stereocenters. The Morgan fingerprint density at radius 3 is 2.41 bits per heavy atom. The smallest absolute Gasteiger partial charge is 0.244 e. The molecule has 1 N–H and O–H groups in total. The molecule has 7 nitrogen and oxygen atoms in total. The average Bonchev–Trinajstić information content (AvgIpc) is 2.70. The Labute approximate surface area is 163 Å². The number of ether oxygens (including phenoxy) is 1. The molecule has 0 saturated carbocycles. The predicted molar refractivity (Wildman–Crippen MR) is 106 cm³/mol. The summed E-state index contributed by atoms with van der Waals surface area (Å²) in [6.07, 6.45) is 4.45. The summed E-state index contributed by atoms with van der Waals surface area (Å²) in [5.74, 6) is 1.22. The van der Waals surface area contributed by atoms with E-state index in [1.54, 1.807) is 16.4 Å². The first-order valence-corrected chi connectivity index (χ1v) is 11.4. The molecule has 0 amide bonds. The summed E-state index contributed by atoms with van der Waals surface area (Å²) in [5, 5.41) is 3.38. The van der Waals surface area contributed by atoms with Crippen molar-refractivity contribution in [3.63, 3.8) is 0 Å². The van der Waals surface area contributed by atoms with Crippen LogP contribution in [0.5, 0.6) is 0 Å². The van der Waals surface area contributed by atoms with Crippen molar-refractivity contribution in [1.82, 2.24) is 14.2 Å². The third-order valence-electron chi connectivity index (χ3n) is 5.47. The highest BCUT2D eigenvalue weighted by molar-refractivity contribution is 7.89. The lowest BCUT2D eigenvalue weighted by atomic mass is 10.0. The number of nitrogens with one attached hydrogen (secondary N) is 1. The van der Waals surface area contributed by atoms with Gasteiger partial charge in [0.05, 0.1) is 13.2 Å². The Morgan fingerprint density at radius 2 is 1.81 bits per heavy atom. The van der Waals surface area contributed by atoms with Gasteiger partial charge in [0, 0.05) is 45.0 Å². The summed E-state index contributed by atoms with van der Waals surface area (Å²) >= 11 is 0. The number of rotatable bonds is 7. The van der Waals surface area contributed by atoms with Gasteiger partial charge in [0.2, 0.25) is 10.0 Å². The second kappa shape index (κ2) is 9.32. The summed E-state index contributed by atoms with van der Waals surface area (Å²) in [5.41, 5.74) is 0. The van der Waals surface area contributed by atoms with Crippen LogP contribution < -0.4 is 5.32 Å². The summed E-state index contributed by atoms with van der Waals surface area (Å²) in [7, 11) is -3.42. The van der Waals surface area contributed by atoms with E-state index in [0.717, 1.165) is 52.1 Å². The Bertz CT molecular complexity index is 681. The van der Waals surface area contributed by atoms with Crippen LogP contribution in [0.1, 0.15) is 33.1 Å². The fourth-order valence-corrected chi connectivity index (χ4v) is 5.26.